The Kier molecular flexibility index (Phi) is 5.75. The Labute approximate surface area is 112 Å². The van der Waals surface area contributed by atoms with Gasteiger partial charge in [0, 0.05) is 5.56 Å². The molecular weight excluding hydrogens is 253 g/mol. The zero-order valence-electron chi connectivity index (χ0n) is 11.2. The molecule has 1 rings (SSSR count). The van der Waals surface area contributed by atoms with Gasteiger partial charge < -0.3 is 15.2 Å². The number of hydrogen-bond donors (Lipinski definition) is 1. The molecule has 18 heavy (non-hydrogen) atoms. The summed E-state index contributed by atoms with van der Waals surface area (Å²) >= 11 is 1.31. The second-order valence-corrected chi connectivity index (χ2v) is 4.84. The molecule has 0 saturated heterocycles. The molecule has 0 heterocycles. The first kappa shape index (κ1) is 15.1. The molecule has 1 aromatic rings. The highest BCUT2D eigenvalue weighted by Gasteiger charge is 2.22. The third-order valence-electron chi connectivity index (χ3n) is 2.92. The predicted octanol–water partition coefficient (Wildman–Crippen LogP) is 3.02. The predicted molar refractivity (Wildman–Crippen MR) is 73.4 cm³/mol. The van der Waals surface area contributed by atoms with E-state index in [9.17, 15) is 4.39 Å². The van der Waals surface area contributed by atoms with Crippen molar-refractivity contribution in [3.05, 3.63) is 17.4 Å². The maximum absolute atomic E-state index is 14.0. The molecule has 3 nitrogen and oxygen atoms in total. The Hall–Kier alpha value is -0.940. The molecule has 0 aliphatic rings. The van der Waals surface area contributed by atoms with Crippen molar-refractivity contribution < 1.29 is 13.9 Å². The van der Waals surface area contributed by atoms with Gasteiger partial charge in [0.15, 0.2) is 11.5 Å². The number of rotatable bonds is 6. The van der Waals surface area contributed by atoms with Gasteiger partial charge in [0.25, 0.3) is 0 Å². The summed E-state index contributed by atoms with van der Waals surface area (Å²) in [7, 11) is 3.09. The summed E-state index contributed by atoms with van der Waals surface area (Å²) in [6.07, 6.45) is 2.58. The highest BCUT2D eigenvalue weighted by Crippen LogP contribution is 2.44. The number of nitrogens with two attached hydrogens (primary N) is 1. The number of halogens is 1. The van der Waals surface area contributed by atoms with Gasteiger partial charge in [0.05, 0.1) is 19.1 Å². The van der Waals surface area contributed by atoms with E-state index in [4.69, 9.17) is 15.2 Å². The van der Waals surface area contributed by atoms with E-state index in [1.54, 1.807) is 7.11 Å². The van der Waals surface area contributed by atoms with E-state index in [2.05, 4.69) is 0 Å². The fraction of sp³-hybridized carbons (Fsp3) is 0.538. The van der Waals surface area contributed by atoms with Crippen LogP contribution in [0.4, 0.5) is 4.39 Å². The topological polar surface area (TPSA) is 44.5 Å². The molecule has 0 bridgehead atoms. The van der Waals surface area contributed by atoms with Gasteiger partial charge in [-0.05, 0) is 31.2 Å². The average molecular weight is 273 g/mol. The summed E-state index contributed by atoms with van der Waals surface area (Å²) in [5, 5.41) is 0. The molecule has 5 heteroatoms. The molecule has 1 aromatic carbocycles. The molecule has 0 aromatic heterocycles. The molecule has 0 aliphatic carbocycles. The maximum atomic E-state index is 14.0. The molecule has 1 unspecified atom stereocenters. The average Bonchev–Trinajstić information content (AvgIpc) is 2.37. The lowest BCUT2D eigenvalue weighted by Crippen LogP contribution is -2.08. The monoisotopic (exact) mass is 273 g/mol. The van der Waals surface area contributed by atoms with Gasteiger partial charge >= 0.3 is 0 Å². The Bertz CT molecular complexity index is 412. The second-order valence-electron chi connectivity index (χ2n) is 4.03. The first-order valence-corrected chi connectivity index (χ1v) is 7.01. The van der Waals surface area contributed by atoms with Crippen molar-refractivity contribution in [1.82, 2.24) is 0 Å². The van der Waals surface area contributed by atoms with Crippen LogP contribution in [0, 0.1) is 5.82 Å². The van der Waals surface area contributed by atoms with E-state index in [-0.39, 0.29) is 11.7 Å². The zero-order valence-corrected chi connectivity index (χ0v) is 12.1. The minimum absolute atomic E-state index is 0.129. The van der Waals surface area contributed by atoms with Crippen molar-refractivity contribution in [3.63, 3.8) is 0 Å². The Balaban J connectivity index is 3.39. The lowest BCUT2D eigenvalue weighted by Gasteiger charge is -2.20. The standard InChI is InChI=1S/C13H20FNO2S/c1-8(5-6-15)9-7-10(14)13(18-4)12(17-3)11(9)16-2/h7-8H,5-6,15H2,1-4H3. The second kappa shape index (κ2) is 6.85. The van der Waals surface area contributed by atoms with Crippen molar-refractivity contribution in [3.8, 4) is 11.5 Å². The Morgan fingerprint density at radius 2 is 1.94 bits per heavy atom. The van der Waals surface area contributed by atoms with Crippen molar-refractivity contribution >= 4 is 11.8 Å². The highest BCUT2D eigenvalue weighted by atomic mass is 32.2. The van der Waals surface area contributed by atoms with Crippen LogP contribution in [0.1, 0.15) is 24.8 Å². The Morgan fingerprint density at radius 1 is 1.33 bits per heavy atom. The van der Waals surface area contributed by atoms with Crippen LogP contribution in [0.2, 0.25) is 0 Å². The van der Waals surface area contributed by atoms with Gasteiger partial charge in [-0.2, -0.15) is 0 Å². The molecule has 2 N–H and O–H groups in total. The van der Waals surface area contributed by atoms with E-state index < -0.39 is 0 Å². The zero-order chi connectivity index (χ0) is 13.7. The normalized spacial score (nSPS) is 12.3. The first-order valence-electron chi connectivity index (χ1n) is 5.79. The number of thioether (sulfide) groups is 1. The summed E-state index contributed by atoms with van der Waals surface area (Å²) < 4.78 is 24.7. The fourth-order valence-corrected chi connectivity index (χ4v) is 2.58. The third kappa shape index (κ3) is 2.90. The molecule has 1 atom stereocenters. The fourth-order valence-electron chi connectivity index (χ4n) is 1.97. The van der Waals surface area contributed by atoms with E-state index in [1.807, 2.05) is 13.2 Å². The number of ether oxygens (including phenoxy) is 2. The quantitative estimate of drug-likeness (QED) is 0.809. The van der Waals surface area contributed by atoms with E-state index >= 15 is 0 Å². The van der Waals surface area contributed by atoms with Gasteiger partial charge in [-0.3, -0.25) is 0 Å². The summed E-state index contributed by atoms with van der Waals surface area (Å²) in [6.45, 7) is 2.56. The first-order chi connectivity index (χ1) is 8.60. The minimum atomic E-state index is -0.279. The van der Waals surface area contributed by atoms with Crippen LogP contribution in [-0.2, 0) is 0 Å². The van der Waals surface area contributed by atoms with E-state index in [0.717, 1.165) is 12.0 Å². The largest absolute Gasteiger partial charge is 0.493 e. The van der Waals surface area contributed by atoms with E-state index in [1.165, 1.54) is 24.9 Å². The molecule has 102 valence electrons. The Morgan fingerprint density at radius 3 is 2.39 bits per heavy atom. The number of hydrogen-bond acceptors (Lipinski definition) is 4. The maximum Gasteiger partial charge on any atom is 0.177 e. The van der Waals surface area contributed by atoms with Crippen molar-refractivity contribution in [2.75, 3.05) is 27.0 Å². The molecule has 0 saturated carbocycles. The highest BCUT2D eigenvalue weighted by molar-refractivity contribution is 7.98. The van der Waals surface area contributed by atoms with Crippen molar-refractivity contribution in [2.24, 2.45) is 5.73 Å². The molecule has 0 fully saturated rings. The summed E-state index contributed by atoms with van der Waals surface area (Å²) in [6, 6.07) is 1.52. The van der Waals surface area contributed by atoms with Crippen LogP contribution in [-0.4, -0.2) is 27.0 Å². The molecule has 0 aliphatic heterocycles. The number of methoxy groups -OCH3 is 2. The van der Waals surface area contributed by atoms with Crippen LogP contribution < -0.4 is 15.2 Å². The molecule has 0 amide bonds. The van der Waals surface area contributed by atoms with Crippen molar-refractivity contribution in [1.29, 1.82) is 0 Å². The van der Waals surface area contributed by atoms with Gasteiger partial charge in [0.2, 0.25) is 0 Å². The van der Waals surface area contributed by atoms with Crippen molar-refractivity contribution in [2.45, 2.75) is 24.2 Å². The number of benzene rings is 1. The van der Waals surface area contributed by atoms with Crippen LogP contribution in [0.15, 0.2) is 11.0 Å². The molecule has 0 spiro atoms. The minimum Gasteiger partial charge on any atom is -0.493 e. The summed E-state index contributed by atoms with van der Waals surface area (Å²) in [4.78, 5) is 0.470. The van der Waals surface area contributed by atoms with Crippen LogP contribution in [0.5, 0.6) is 11.5 Å². The molecule has 0 radical (unpaired) electrons. The van der Waals surface area contributed by atoms with Gasteiger partial charge in [-0.25, -0.2) is 4.39 Å². The van der Waals surface area contributed by atoms with Gasteiger partial charge in [-0.15, -0.1) is 11.8 Å². The van der Waals surface area contributed by atoms with Gasteiger partial charge in [0.1, 0.15) is 5.82 Å². The van der Waals surface area contributed by atoms with E-state index in [0.29, 0.717) is 22.9 Å². The smallest absolute Gasteiger partial charge is 0.177 e. The van der Waals surface area contributed by atoms with Crippen LogP contribution in [0.25, 0.3) is 0 Å². The summed E-state index contributed by atoms with van der Waals surface area (Å²) in [5.74, 6) is 0.913. The third-order valence-corrected chi connectivity index (χ3v) is 3.71. The lowest BCUT2D eigenvalue weighted by atomic mass is 9.96. The lowest BCUT2D eigenvalue weighted by molar-refractivity contribution is 0.337. The summed E-state index contributed by atoms with van der Waals surface area (Å²) in [5.41, 5.74) is 6.35. The van der Waals surface area contributed by atoms with Crippen LogP contribution in [0.3, 0.4) is 0 Å². The SMILES string of the molecule is COc1c(C(C)CCN)cc(F)c(SC)c1OC. The van der Waals surface area contributed by atoms with Gasteiger partial charge in [-0.1, -0.05) is 6.92 Å². The van der Waals surface area contributed by atoms with Crippen LogP contribution >= 0.6 is 11.8 Å². The molecular formula is C13H20FNO2S.